The van der Waals surface area contributed by atoms with Crippen LogP contribution in [0.1, 0.15) is 36.1 Å². The zero-order valence-corrected chi connectivity index (χ0v) is 14.6. The molecule has 0 bridgehead atoms. The molecule has 2 aromatic rings. The number of amides is 1. The van der Waals surface area contributed by atoms with Crippen LogP contribution < -0.4 is 5.32 Å². The molecule has 0 spiro atoms. The summed E-state index contributed by atoms with van der Waals surface area (Å²) >= 11 is 1.55. The van der Waals surface area contributed by atoms with Crippen LogP contribution in [0.4, 0.5) is 0 Å². The quantitative estimate of drug-likeness (QED) is 0.613. The van der Waals surface area contributed by atoms with E-state index in [2.05, 4.69) is 5.32 Å². The van der Waals surface area contributed by atoms with Gasteiger partial charge in [0.15, 0.2) is 6.61 Å². The molecule has 1 amide bonds. The first-order chi connectivity index (χ1) is 11.6. The average molecular weight is 343 g/mol. The minimum Gasteiger partial charge on any atom is -0.452 e. The molecule has 0 radical (unpaired) electrons. The van der Waals surface area contributed by atoms with Crippen molar-refractivity contribution in [2.45, 2.75) is 26.3 Å². The van der Waals surface area contributed by atoms with E-state index in [1.54, 1.807) is 17.4 Å². The number of thiophene rings is 1. The summed E-state index contributed by atoms with van der Waals surface area (Å²) in [6, 6.07) is 9.84. The minimum absolute atomic E-state index is 0.0850. The molecule has 0 fully saturated rings. The number of ether oxygens (including phenoxy) is 1. The van der Waals surface area contributed by atoms with E-state index < -0.39 is 5.97 Å². The van der Waals surface area contributed by atoms with Crippen molar-refractivity contribution in [1.82, 2.24) is 5.32 Å². The fraction of sp³-hybridized carbons (Fsp3) is 0.263. The van der Waals surface area contributed by atoms with Crippen molar-refractivity contribution in [1.29, 1.82) is 0 Å². The first-order valence-electron chi connectivity index (χ1n) is 7.81. The standard InChI is InChI=1S/C19H21NO3S/c1-3-17(16-7-4-14(2)5-8-16)20-18(21)12-23-19(22)9-6-15-10-11-24-13-15/h4-11,13,17H,3,12H2,1-2H3,(H,20,21)/b9-6+/t17-/m0/s1. The summed E-state index contributed by atoms with van der Waals surface area (Å²) in [5.74, 6) is -0.834. The summed E-state index contributed by atoms with van der Waals surface area (Å²) in [6.07, 6.45) is 3.76. The Morgan fingerprint density at radius 3 is 2.62 bits per heavy atom. The normalized spacial score (nSPS) is 12.1. The van der Waals surface area contributed by atoms with E-state index in [1.807, 2.05) is 54.9 Å². The lowest BCUT2D eigenvalue weighted by atomic mass is 10.0. The summed E-state index contributed by atoms with van der Waals surface area (Å²) in [5, 5.41) is 6.73. The number of esters is 1. The van der Waals surface area contributed by atoms with Crippen LogP contribution in [-0.4, -0.2) is 18.5 Å². The Kier molecular flexibility index (Phi) is 6.75. The number of benzene rings is 1. The van der Waals surface area contributed by atoms with Crippen molar-refractivity contribution < 1.29 is 14.3 Å². The second-order valence-electron chi connectivity index (χ2n) is 5.44. The maximum atomic E-state index is 12.0. The van der Waals surface area contributed by atoms with Crippen LogP contribution in [0.15, 0.2) is 47.2 Å². The number of rotatable bonds is 7. The molecule has 0 aliphatic heterocycles. The first kappa shape index (κ1) is 17.9. The van der Waals surface area contributed by atoms with E-state index in [4.69, 9.17) is 4.74 Å². The molecule has 24 heavy (non-hydrogen) atoms. The van der Waals surface area contributed by atoms with Crippen LogP contribution in [-0.2, 0) is 14.3 Å². The van der Waals surface area contributed by atoms with Gasteiger partial charge >= 0.3 is 5.97 Å². The Morgan fingerprint density at radius 1 is 1.25 bits per heavy atom. The average Bonchev–Trinajstić information content (AvgIpc) is 3.10. The number of hydrogen-bond donors (Lipinski definition) is 1. The molecule has 5 heteroatoms. The lowest BCUT2D eigenvalue weighted by molar-refractivity contribution is -0.144. The van der Waals surface area contributed by atoms with Crippen molar-refractivity contribution in [2.24, 2.45) is 0 Å². The smallest absolute Gasteiger partial charge is 0.331 e. The van der Waals surface area contributed by atoms with E-state index >= 15 is 0 Å². The van der Waals surface area contributed by atoms with Crippen molar-refractivity contribution in [3.8, 4) is 0 Å². The van der Waals surface area contributed by atoms with Crippen LogP contribution in [0, 0.1) is 6.92 Å². The third-order valence-corrected chi connectivity index (χ3v) is 4.23. The van der Waals surface area contributed by atoms with Gasteiger partial charge in [0.25, 0.3) is 5.91 Å². The molecule has 1 heterocycles. The van der Waals surface area contributed by atoms with Gasteiger partial charge < -0.3 is 10.1 Å². The molecule has 0 saturated heterocycles. The largest absolute Gasteiger partial charge is 0.452 e. The highest BCUT2D eigenvalue weighted by molar-refractivity contribution is 7.08. The van der Waals surface area contributed by atoms with Crippen LogP contribution >= 0.6 is 11.3 Å². The van der Waals surface area contributed by atoms with Gasteiger partial charge in [-0.3, -0.25) is 4.79 Å². The summed E-state index contributed by atoms with van der Waals surface area (Å²) in [4.78, 5) is 23.6. The zero-order valence-electron chi connectivity index (χ0n) is 13.8. The van der Waals surface area contributed by atoms with Gasteiger partial charge in [-0.1, -0.05) is 36.8 Å². The van der Waals surface area contributed by atoms with E-state index in [1.165, 1.54) is 11.6 Å². The molecular formula is C19H21NO3S. The number of hydrogen-bond acceptors (Lipinski definition) is 4. The van der Waals surface area contributed by atoms with Crippen LogP contribution in [0.2, 0.25) is 0 Å². The SMILES string of the molecule is CC[C@H](NC(=O)COC(=O)/C=C/c1ccsc1)c1ccc(C)cc1. The Hall–Kier alpha value is -2.40. The van der Waals surface area contributed by atoms with Crippen molar-refractivity contribution in [3.63, 3.8) is 0 Å². The molecule has 2 rings (SSSR count). The topological polar surface area (TPSA) is 55.4 Å². The molecule has 1 aromatic heterocycles. The van der Waals surface area contributed by atoms with Gasteiger partial charge in [-0.2, -0.15) is 11.3 Å². The summed E-state index contributed by atoms with van der Waals surface area (Å²) < 4.78 is 4.97. The number of carbonyl (C=O) groups is 2. The zero-order chi connectivity index (χ0) is 17.4. The molecule has 0 unspecified atom stereocenters. The summed E-state index contributed by atoms with van der Waals surface area (Å²) in [5.41, 5.74) is 3.15. The second-order valence-corrected chi connectivity index (χ2v) is 6.22. The lowest BCUT2D eigenvalue weighted by Gasteiger charge is -2.17. The Balaban J connectivity index is 1.81. The molecule has 0 aliphatic carbocycles. The monoisotopic (exact) mass is 343 g/mol. The van der Waals surface area contributed by atoms with E-state index in [0.29, 0.717) is 0 Å². The molecule has 126 valence electrons. The predicted octanol–water partition coefficient (Wildman–Crippen LogP) is 3.88. The van der Waals surface area contributed by atoms with Gasteiger partial charge in [0, 0.05) is 6.08 Å². The molecule has 1 atom stereocenters. The maximum absolute atomic E-state index is 12.0. The fourth-order valence-corrected chi connectivity index (χ4v) is 2.80. The molecule has 0 aliphatic rings. The molecule has 0 saturated carbocycles. The van der Waals surface area contributed by atoms with Crippen LogP contribution in [0.5, 0.6) is 0 Å². The van der Waals surface area contributed by atoms with Gasteiger partial charge in [0.2, 0.25) is 0 Å². The van der Waals surface area contributed by atoms with E-state index in [-0.39, 0.29) is 18.6 Å². The molecule has 1 aromatic carbocycles. The van der Waals surface area contributed by atoms with Gasteiger partial charge in [0.1, 0.15) is 0 Å². The number of aryl methyl sites for hydroxylation is 1. The summed E-state index contributed by atoms with van der Waals surface area (Å²) in [6.45, 7) is 3.74. The van der Waals surface area contributed by atoms with E-state index in [9.17, 15) is 9.59 Å². The maximum Gasteiger partial charge on any atom is 0.331 e. The van der Waals surface area contributed by atoms with Crippen LogP contribution in [0.25, 0.3) is 6.08 Å². The highest BCUT2D eigenvalue weighted by Gasteiger charge is 2.13. The third-order valence-electron chi connectivity index (χ3n) is 3.52. The van der Waals surface area contributed by atoms with Crippen molar-refractivity contribution in [3.05, 3.63) is 63.9 Å². The number of carbonyl (C=O) groups excluding carboxylic acids is 2. The Bertz CT molecular complexity index is 690. The first-order valence-corrected chi connectivity index (χ1v) is 8.75. The second kappa shape index (κ2) is 9.03. The minimum atomic E-state index is -0.528. The van der Waals surface area contributed by atoms with Gasteiger partial charge in [-0.15, -0.1) is 0 Å². The number of nitrogens with one attached hydrogen (secondary N) is 1. The predicted molar refractivity (Wildman–Crippen MR) is 96.7 cm³/mol. The molecule has 4 nitrogen and oxygen atoms in total. The molecular weight excluding hydrogens is 322 g/mol. The molecule has 1 N–H and O–H groups in total. The Morgan fingerprint density at radius 2 is 2.00 bits per heavy atom. The fourth-order valence-electron chi connectivity index (χ4n) is 2.17. The highest BCUT2D eigenvalue weighted by Crippen LogP contribution is 2.17. The third kappa shape index (κ3) is 5.66. The van der Waals surface area contributed by atoms with Gasteiger partial charge in [-0.05, 0) is 47.4 Å². The van der Waals surface area contributed by atoms with Crippen LogP contribution in [0.3, 0.4) is 0 Å². The van der Waals surface area contributed by atoms with Gasteiger partial charge in [-0.25, -0.2) is 4.79 Å². The highest BCUT2D eigenvalue weighted by atomic mass is 32.1. The van der Waals surface area contributed by atoms with Crippen molar-refractivity contribution in [2.75, 3.05) is 6.61 Å². The summed E-state index contributed by atoms with van der Waals surface area (Å²) in [7, 11) is 0. The van der Waals surface area contributed by atoms with Gasteiger partial charge in [0.05, 0.1) is 6.04 Å². The van der Waals surface area contributed by atoms with Crippen molar-refractivity contribution >= 4 is 29.3 Å². The lowest BCUT2D eigenvalue weighted by Crippen LogP contribution is -2.32. The Labute approximate surface area is 146 Å². The van der Waals surface area contributed by atoms with E-state index in [0.717, 1.165) is 17.5 Å².